The Morgan fingerprint density at radius 1 is 1.40 bits per heavy atom. The first-order valence-electron chi connectivity index (χ1n) is 3.16. The summed E-state index contributed by atoms with van der Waals surface area (Å²) in [5, 5.41) is 0. The van der Waals surface area contributed by atoms with Gasteiger partial charge in [-0.25, -0.2) is 4.99 Å². The molecule has 0 amide bonds. The van der Waals surface area contributed by atoms with Gasteiger partial charge in [0.15, 0.2) is 0 Å². The molecule has 10 heavy (non-hydrogen) atoms. The summed E-state index contributed by atoms with van der Waals surface area (Å²) in [7, 11) is 0. The molecule has 56 valence electrons. The molecule has 0 fully saturated rings. The highest BCUT2D eigenvalue weighted by Crippen LogP contribution is 2.23. The van der Waals surface area contributed by atoms with Gasteiger partial charge >= 0.3 is 0 Å². The minimum absolute atomic E-state index is 0.0290. The number of nitrogens with zero attached hydrogens (tertiary/aromatic N) is 2. The molecule has 0 rings (SSSR count). The lowest BCUT2D eigenvalue weighted by Crippen LogP contribution is -2.05. The molecule has 0 aliphatic rings. The Kier molecular flexibility index (Phi) is 3.00. The normalized spacial score (nSPS) is 11.9. The lowest BCUT2D eigenvalue weighted by atomic mass is 9.93. The zero-order valence-electron chi connectivity index (χ0n) is 6.89. The van der Waals surface area contributed by atoms with Crippen molar-refractivity contribution in [1.29, 1.82) is 0 Å². The van der Waals surface area contributed by atoms with E-state index in [0.717, 1.165) is 5.70 Å². The summed E-state index contributed by atoms with van der Waals surface area (Å²) in [6.07, 6.45) is 1.41. The average Bonchev–Trinajstić information content (AvgIpc) is 1.80. The molecule has 0 atom stereocenters. The van der Waals surface area contributed by atoms with Gasteiger partial charge in [-0.3, -0.25) is 4.99 Å². The zero-order chi connectivity index (χ0) is 8.20. The van der Waals surface area contributed by atoms with Crippen molar-refractivity contribution < 1.29 is 0 Å². The summed E-state index contributed by atoms with van der Waals surface area (Å²) in [6, 6.07) is 0. The van der Waals surface area contributed by atoms with E-state index in [1.807, 2.05) is 0 Å². The van der Waals surface area contributed by atoms with Crippen LogP contribution in [0.1, 0.15) is 20.8 Å². The van der Waals surface area contributed by atoms with Gasteiger partial charge < -0.3 is 0 Å². The predicted octanol–water partition coefficient (Wildman–Crippen LogP) is 2.28. The van der Waals surface area contributed by atoms with E-state index in [0.29, 0.717) is 0 Å². The standard InChI is InChI=1S/C8H14N2/c1-7(8(2,3)4)10-6-9-5/h6H,1,5H2,2-4H3. The highest BCUT2D eigenvalue weighted by Gasteiger charge is 2.12. The van der Waals surface area contributed by atoms with Crippen LogP contribution >= 0.6 is 0 Å². The van der Waals surface area contributed by atoms with Crippen LogP contribution in [0.5, 0.6) is 0 Å². The van der Waals surface area contributed by atoms with Crippen LogP contribution in [0.4, 0.5) is 0 Å². The maximum Gasteiger partial charge on any atom is 0.114 e. The number of hydrogen-bond donors (Lipinski definition) is 0. The molecule has 0 bridgehead atoms. The average molecular weight is 138 g/mol. The maximum atomic E-state index is 3.97. The van der Waals surface area contributed by atoms with Crippen molar-refractivity contribution in [2.24, 2.45) is 15.4 Å². The van der Waals surface area contributed by atoms with Crippen molar-refractivity contribution in [3.8, 4) is 0 Å². The van der Waals surface area contributed by atoms with E-state index < -0.39 is 0 Å². The van der Waals surface area contributed by atoms with E-state index in [4.69, 9.17) is 0 Å². The second kappa shape index (κ2) is 3.30. The number of aliphatic imine (C=N–C) groups is 2. The third-order valence-electron chi connectivity index (χ3n) is 1.16. The van der Waals surface area contributed by atoms with Crippen molar-refractivity contribution in [1.82, 2.24) is 0 Å². The van der Waals surface area contributed by atoms with Gasteiger partial charge in [0.25, 0.3) is 0 Å². The van der Waals surface area contributed by atoms with Gasteiger partial charge in [0, 0.05) is 11.1 Å². The van der Waals surface area contributed by atoms with Gasteiger partial charge in [0.1, 0.15) is 6.34 Å². The van der Waals surface area contributed by atoms with Crippen LogP contribution in [-0.4, -0.2) is 13.1 Å². The summed E-state index contributed by atoms with van der Waals surface area (Å²) in [5.41, 5.74) is 0.848. The smallest absolute Gasteiger partial charge is 0.114 e. The van der Waals surface area contributed by atoms with Crippen LogP contribution in [0.25, 0.3) is 0 Å². The molecule has 0 unspecified atom stereocenters. The molecule has 0 aromatic heterocycles. The second-order valence-electron chi connectivity index (χ2n) is 3.12. The highest BCUT2D eigenvalue weighted by molar-refractivity contribution is 5.63. The van der Waals surface area contributed by atoms with E-state index in [2.05, 4.69) is 44.1 Å². The summed E-state index contributed by atoms with van der Waals surface area (Å²) in [5.74, 6) is 0. The monoisotopic (exact) mass is 138 g/mol. The van der Waals surface area contributed by atoms with E-state index >= 15 is 0 Å². The van der Waals surface area contributed by atoms with E-state index in [1.54, 1.807) is 0 Å². The van der Waals surface area contributed by atoms with Gasteiger partial charge in [-0.15, -0.1) is 0 Å². The molecule has 0 heterocycles. The number of hydrogen-bond acceptors (Lipinski definition) is 1. The molecule has 0 saturated carbocycles. The molecule has 0 saturated heterocycles. The summed E-state index contributed by atoms with van der Waals surface area (Å²) < 4.78 is 0. The molecule has 0 N–H and O–H groups in total. The summed E-state index contributed by atoms with van der Waals surface area (Å²) in [6.45, 7) is 13.2. The summed E-state index contributed by atoms with van der Waals surface area (Å²) in [4.78, 5) is 7.45. The van der Waals surface area contributed by atoms with Crippen LogP contribution in [-0.2, 0) is 0 Å². The van der Waals surface area contributed by atoms with Crippen LogP contribution < -0.4 is 0 Å². The Labute approximate surface area is 62.4 Å². The molecule has 2 heteroatoms. The van der Waals surface area contributed by atoms with Gasteiger partial charge in [-0.05, 0) is 6.72 Å². The van der Waals surface area contributed by atoms with Crippen LogP contribution in [0.2, 0.25) is 0 Å². The highest BCUT2D eigenvalue weighted by atomic mass is 14.9. The molecule has 0 radical (unpaired) electrons. The lowest BCUT2D eigenvalue weighted by Gasteiger charge is -2.16. The Morgan fingerprint density at radius 2 is 1.90 bits per heavy atom. The zero-order valence-corrected chi connectivity index (χ0v) is 6.89. The number of rotatable bonds is 2. The minimum Gasteiger partial charge on any atom is -0.253 e. The molecule has 0 aliphatic carbocycles. The first-order valence-corrected chi connectivity index (χ1v) is 3.16. The first kappa shape index (κ1) is 9.08. The second-order valence-corrected chi connectivity index (χ2v) is 3.12. The fraction of sp³-hybridized carbons (Fsp3) is 0.500. The van der Waals surface area contributed by atoms with Gasteiger partial charge in [0.05, 0.1) is 0 Å². The SMILES string of the molecule is C=NC=NC(=C)C(C)(C)C. The van der Waals surface area contributed by atoms with Crippen LogP contribution in [0.3, 0.4) is 0 Å². The van der Waals surface area contributed by atoms with Crippen molar-refractivity contribution >= 4 is 13.1 Å². The Morgan fingerprint density at radius 3 is 2.20 bits per heavy atom. The fourth-order valence-electron chi connectivity index (χ4n) is 0.304. The molecule has 0 aromatic carbocycles. The first-order chi connectivity index (χ1) is 4.48. The molecule has 0 aromatic rings. The molecule has 0 aliphatic heterocycles. The van der Waals surface area contributed by atoms with E-state index in [-0.39, 0.29) is 5.41 Å². The van der Waals surface area contributed by atoms with Crippen molar-refractivity contribution in [3.05, 3.63) is 12.3 Å². The molecule has 2 nitrogen and oxygen atoms in total. The summed E-state index contributed by atoms with van der Waals surface area (Å²) >= 11 is 0. The van der Waals surface area contributed by atoms with Crippen molar-refractivity contribution in [3.63, 3.8) is 0 Å². The quantitative estimate of drug-likeness (QED) is 0.413. The largest absolute Gasteiger partial charge is 0.253 e. The Balaban J connectivity index is 4.11. The number of allylic oxidation sites excluding steroid dienone is 1. The molecular weight excluding hydrogens is 124 g/mol. The third-order valence-corrected chi connectivity index (χ3v) is 1.16. The van der Waals surface area contributed by atoms with Crippen LogP contribution in [0.15, 0.2) is 22.3 Å². The van der Waals surface area contributed by atoms with E-state index in [9.17, 15) is 0 Å². The van der Waals surface area contributed by atoms with Gasteiger partial charge in [-0.2, -0.15) is 0 Å². The topological polar surface area (TPSA) is 24.7 Å². The Bertz CT molecular complexity index is 161. The molecular formula is C8H14N2. The lowest BCUT2D eigenvalue weighted by molar-refractivity contribution is 0.501. The van der Waals surface area contributed by atoms with Crippen molar-refractivity contribution in [2.75, 3.05) is 0 Å². The third kappa shape index (κ3) is 3.17. The van der Waals surface area contributed by atoms with Gasteiger partial charge in [-0.1, -0.05) is 27.4 Å². The van der Waals surface area contributed by atoms with Gasteiger partial charge in [0.2, 0.25) is 0 Å². The predicted molar refractivity (Wildman–Crippen MR) is 46.6 cm³/mol. The minimum atomic E-state index is 0.0290. The Hall–Kier alpha value is -0.920. The maximum absolute atomic E-state index is 3.97. The van der Waals surface area contributed by atoms with E-state index in [1.165, 1.54) is 6.34 Å². The molecule has 0 spiro atoms. The van der Waals surface area contributed by atoms with Crippen molar-refractivity contribution in [2.45, 2.75) is 20.8 Å². The fourth-order valence-corrected chi connectivity index (χ4v) is 0.304. The van der Waals surface area contributed by atoms with Crippen LogP contribution in [0, 0.1) is 5.41 Å².